The molecule has 2 unspecified atom stereocenters. The van der Waals surface area contributed by atoms with Gasteiger partial charge in [-0.15, -0.1) is 0 Å². The van der Waals surface area contributed by atoms with Crippen LogP contribution >= 0.6 is 0 Å². The molecule has 2 atom stereocenters. The van der Waals surface area contributed by atoms with E-state index in [1.807, 2.05) is 21.0 Å². The molecule has 0 aliphatic carbocycles. The van der Waals surface area contributed by atoms with Crippen molar-refractivity contribution in [1.29, 1.82) is 0 Å². The standard InChI is InChI=1S/C25H30N2O6/c1-15-14-16(10-11-18(15)31-4)22(28)20-21(17-8-7-9-19(32-5)24(17)33-6)27(13-12-26(2)3)25(30)23(20)29/h7-11,14,20-21H,12-13H2,1-6H3/p+1. The zero-order chi connectivity index (χ0) is 24.3. The van der Waals surface area contributed by atoms with E-state index >= 15 is 0 Å². The van der Waals surface area contributed by atoms with Crippen molar-refractivity contribution in [2.45, 2.75) is 13.0 Å². The minimum absolute atomic E-state index is 0.323. The molecule has 1 aliphatic heterocycles. The van der Waals surface area contributed by atoms with Crippen molar-refractivity contribution in [2.75, 3.05) is 48.5 Å². The predicted molar refractivity (Wildman–Crippen MR) is 122 cm³/mol. The number of likely N-dealkylation sites (N-methyl/N-ethyl adjacent to an activating group) is 1. The van der Waals surface area contributed by atoms with Gasteiger partial charge in [-0.2, -0.15) is 0 Å². The topological polar surface area (TPSA) is 86.6 Å². The second-order valence-corrected chi connectivity index (χ2v) is 8.37. The summed E-state index contributed by atoms with van der Waals surface area (Å²) < 4.78 is 16.3. The number of benzene rings is 2. The monoisotopic (exact) mass is 455 g/mol. The highest BCUT2D eigenvalue weighted by Gasteiger charge is 2.52. The molecule has 176 valence electrons. The highest BCUT2D eigenvalue weighted by molar-refractivity contribution is 6.44. The third-order valence-corrected chi connectivity index (χ3v) is 5.97. The minimum Gasteiger partial charge on any atom is -0.496 e. The van der Waals surface area contributed by atoms with Crippen LogP contribution in [0.25, 0.3) is 0 Å². The molecule has 8 nitrogen and oxygen atoms in total. The second kappa shape index (κ2) is 10.0. The van der Waals surface area contributed by atoms with Gasteiger partial charge in [0, 0.05) is 11.1 Å². The van der Waals surface area contributed by atoms with Crippen LogP contribution in [-0.2, 0) is 9.59 Å². The van der Waals surface area contributed by atoms with Gasteiger partial charge in [-0.1, -0.05) is 12.1 Å². The number of hydrogen-bond acceptors (Lipinski definition) is 6. The van der Waals surface area contributed by atoms with E-state index in [4.69, 9.17) is 14.2 Å². The van der Waals surface area contributed by atoms with E-state index in [0.29, 0.717) is 41.5 Å². The summed E-state index contributed by atoms with van der Waals surface area (Å²) in [4.78, 5) is 42.6. The van der Waals surface area contributed by atoms with Gasteiger partial charge >= 0.3 is 0 Å². The summed E-state index contributed by atoms with van der Waals surface area (Å²) in [6.45, 7) is 2.76. The number of ketones is 2. The molecule has 1 N–H and O–H groups in total. The van der Waals surface area contributed by atoms with Crippen LogP contribution in [0.4, 0.5) is 0 Å². The lowest BCUT2D eigenvalue weighted by atomic mass is 9.85. The van der Waals surface area contributed by atoms with Crippen molar-refractivity contribution in [3.05, 3.63) is 53.1 Å². The first kappa shape index (κ1) is 24.3. The number of hydrogen-bond donors (Lipinski definition) is 1. The molecule has 1 amide bonds. The van der Waals surface area contributed by atoms with E-state index in [1.54, 1.807) is 43.5 Å². The van der Waals surface area contributed by atoms with Gasteiger partial charge in [0.2, 0.25) is 5.78 Å². The van der Waals surface area contributed by atoms with E-state index in [1.165, 1.54) is 19.1 Å². The number of amides is 1. The van der Waals surface area contributed by atoms with E-state index in [9.17, 15) is 14.4 Å². The normalized spacial score (nSPS) is 18.1. The summed E-state index contributed by atoms with van der Waals surface area (Å²) >= 11 is 0. The zero-order valence-corrected chi connectivity index (χ0v) is 19.9. The summed E-state index contributed by atoms with van der Waals surface area (Å²) in [5, 5.41) is 0. The lowest BCUT2D eigenvalue weighted by Crippen LogP contribution is -3.06. The van der Waals surface area contributed by atoms with Gasteiger partial charge < -0.3 is 24.0 Å². The number of Topliss-reactive ketones (excluding diaryl/α,β-unsaturated/α-hetero) is 2. The summed E-state index contributed by atoms with van der Waals surface area (Å²) in [5.41, 5.74) is 1.68. The smallest absolute Gasteiger partial charge is 0.291 e. The Morgan fingerprint density at radius 2 is 1.70 bits per heavy atom. The van der Waals surface area contributed by atoms with Crippen LogP contribution in [-0.4, -0.2) is 70.9 Å². The molecule has 1 aliphatic rings. The van der Waals surface area contributed by atoms with Crippen LogP contribution in [0.2, 0.25) is 0 Å². The largest absolute Gasteiger partial charge is 0.496 e. The molecule has 0 bridgehead atoms. The fourth-order valence-electron chi connectivity index (χ4n) is 4.27. The van der Waals surface area contributed by atoms with Crippen molar-refractivity contribution in [1.82, 2.24) is 4.90 Å². The summed E-state index contributed by atoms with van der Waals surface area (Å²) in [7, 11) is 8.50. The Bertz CT molecular complexity index is 1060. The van der Waals surface area contributed by atoms with Crippen LogP contribution in [0.5, 0.6) is 17.2 Å². The maximum Gasteiger partial charge on any atom is 0.291 e. The molecule has 2 aromatic rings. The third kappa shape index (κ3) is 4.57. The summed E-state index contributed by atoms with van der Waals surface area (Å²) in [6.07, 6.45) is 0. The second-order valence-electron chi connectivity index (χ2n) is 8.37. The number of carbonyl (C=O) groups excluding carboxylic acids is 3. The lowest BCUT2D eigenvalue weighted by Gasteiger charge is -2.29. The van der Waals surface area contributed by atoms with Crippen LogP contribution < -0.4 is 19.1 Å². The molecule has 0 aromatic heterocycles. The number of nitrogens with one attached hydrogen (secondary N) is 1. The van der Waals surface area contributed by atoms with Gasteiger partial charge in [0.25, 0.3) is 5.91 Å². The molecule has 0 spiro atoms. The first-order chi connectivity index (χ1) is 15.7. The first-order valence-corrected chi connectivity index (χ1v) is 10.8. The lowest BCUT2D eigenvalue weighted by molar-refractivity contribution is -0.857. The average molecular weight is 456 g/mol. The Morgan fingerprint density at radius 3 is 2.27 bits per heavy atom. The molecule has 1 heterocycles. The van der Waals surface area contributed by atoms with Crippen molar-refractivity contribution in [3.63, 3.8) is 0 Å². The highest BCUT2D eigenvalue weighted by atomic mass is 16.5. The average Bonchev–Trinajstić information content (AvgIpc) is 3.06. The number of rotatable bonds is 9. The number of aryl methyl sites for hydroxylation is 1. The molecule has 3 rings (SSSR count). The Balaban J connectivity index is 2.14. The molecule has 0 saturated carbocycles. The van der Waals surface area contributed by atoms with Gasteiger partial charge in [-0.3, -0.25) is 14.4 Å². The molecule has 1 fully saturated rings. The Morgan fingerprint density at radius 1 is 1.00 bits per heavy atom. The Hall–Kier alpha value is -3.39. The van der Waals surface area contributed by atoms with Crippen LogP contribution in [0.3, 0.4) is 0 Å². The minimum atomic E-state index is -1.19. The number of likely N-dealkylation sites (tertiary alicyclic amines) is 1. The molecule has 8 heteroatoms. The number of carbonyl (C=O) groups is 3. The maximum atomic E-state index is 13.7. The van der Waals surface area contributed by atoms with Crippen LogP contribution in [0.15, 0.2) is 36.4 Å². The van der Waals surface area contributed by atoms with Crippen molar-refractivity contribution >= 4 is 17.5 Å². The van der Waals surface area contributed by atoms with Crippen molar-refractivity contribution in [3.8, 4) is 17.2 Å². The number of methoxy groups -OCH3 is 3. The van der Waals surface area contributed by atoms with Gasteiger partial charge in [0.1, 0.15) is 11.7 Å². The van der Waals surface area contributed by atoms with Crippen molar-refractivity contribution in [2.24, 2.45) is 5.92 Å². The number of ether oxygens (including phenoxy) is 3. The van der Waals surface area contributed by atoms with E-state index in [-0.39, 0.29) is 0 Å². The quantitative estimate of drug-likeness (QED) is 0.346. The fraction of sp³-hybridized carbons (Fsp3) is 0.400. The number of quaternary nitrogens is 1. The highest BCUT2D eigenvalue weighted by Crippen LogP contribution is 2.44. The molecule has 2 aromatic carbocycles. The molecular formula is C25H31N2O6+. The van der Waals surface area contributed by atoms with Crippen LogP contribution in [0, 0.1) is 12.8 Å². The van der Waals surface area contributed by atoms with Gasteiger partial charge in [-0.25, -0.2) is 0 Å². The van der Waals surface area contributed by atoms with Gasteiger partial charge in [0.05, 0.1) is 54.6 Å². The van der Waals surface area contributed by atoms with Crippen LogP contribution in [0.1, 0.15) is 27.5 Å². The predicted octanol–water partition coefficient (Wildman–Crippen LogP) is 1.12. The van der Waals surface area contributed by atoms with E-state index in [2.05, 4.69) is 0 Å². The molecule has 0 radical (unpaired) electrons. The summed E-state index contributed by atoms with van der Waals surface area (Å²) in [6, 6.07) is 9.47. The summed E-state index contributed by atoms with van der Waals surface area (Å²) in [5.74, 6) is -1.46. The molecular weight excluding hydrogens is 424 g/mol. The number of nitrogens with zero attached hydrogens (tertiary/aromatic N) is 1. The SMILES string of the molecule is COc1ccc(C(=O)C2C(=O)C(=O)N(CC[NH+](C)C)C2c2cccc(OC)c2OC)cc1C. The molecule has 1 saturated heterocycles. The Kier molecular flexibility index (Phi) is 7.38. The maximum absolute atomic E-state index is 13.7. The zero-order valence-electron chi connectivity index (χ0n) is 19.9. The fourth-order valence-corrected chi connectivity index (χ4v) is 4.27. The van der Waals surface area contributed by atoms with Gasteiger partial charge in [-0.05, 0) is 36.8 Å². The number of para-hydroxylation sites is 1. The first-order valence-electron chi connectivity index (χ1n) is 10.8. The van der Waals surface area contributed by atoms with E-state index in [0.717, 1.165) is 10.5 Å². The van der Waals surface area contributed by atoms with Crippen molar-refractivity contribution < 1.29 is 33.5 Å². The Labute approximate surface area is 194 Å². The van der Waals surface area contributed by atoms with E-state index < -0.39 is 29.4 Å². The third-order valence-electron chi connectivity index (χ3n) is 5.97. The molecule has 33 heavy (non-hydrogen) atoms. The van der Waals surface area contributed by atoms with Gasteiger partial charge in [0.15, 0.2) is 17.3 Å².